The lowest BCUT2D eigenvalue weighted by atomic mass is 10.1. The summed E-state index contributed by atoms with van der Waals surface area (Å²) in [7, 11) is 3.37. The van der Waals surface area contributed by atoms with Gasteiger partial charge in [-0.05, 0) is 38.0 Å². The summed E-state index contributed by atoms with van der Waals surface area (Å²) in [6, 6.07) is 6.08. The number of hydrogen-bond donors (Lipinski definition) is 1. The molecule has 4 heteroatoms. The first-order valence-corrected chi connectivity index (χ1v) is 6.81. The predicted molar refractivity (Wildman–Crippen MR) is 74.9 cm³/mol. The summed E-state index contributed by atoms with van der Waals surface area (Å²) in [5.41, 5.74) is 1.11. The van der Waals surface area contributed by atoms with E-state index in [2.05, 4.69) is 12.2 Å². The van der Waals surface area contributed by atoms with E-state index in [0.29, 0.717) is 6.10 Å². The van der Waals surface area contributed by atoms with Crippen LogP contribution in [0.3, 0.4) is 0 Å². The lowest BCUT2D eigenvalue weighted by molar-refractivity contribution is 0.108. The smallest absolute Gasteiger partial charge is 0.123 e. The number of benzene rings is 1. The summed E-state index contributed by atoms with van der Waals surface area (Å²) in [6.07, 6.45) is 2.66. The maximum absolute atomic E-state index is 5.62. The molecule has 0 spiro atoms. The summed E-state index contributed by atoms with van der Waals surface area (Å²) in [6.45, 7) is 3.90. The van der Waals surface area contributed by atoms with Gasteiger partial charge in [-0.25, -0.2) is 0 Å². The minimum atomic E-state index is 0.203. The molecular formula is C15H23NO3. The number of hydrogen-bond acceptors (Lipinski definition) is 4. The van der Waals surface area contributed by atoms with E-state index in [-0.39, 0.29) is 6.04 Å². The Hall–Kier alpha value is -1.26. The molecule has 19 heavy (non-hydrogen) atoms. The van der Waals surface area contributed by atoms with Crippen molar-refractivity contribution in [2.24, 2.45) is 0 Å². The molecule has 0 saturated carbocycles. The van der Waals surface area contributed by atoms with Crippen LogP contribution < -0.4 is 14.8 Å². The van der Waals surface area contributed by atoms with E-state index in [1.54, 1.807) is 14.2 Å². The van der Waals surface area contributed by atoms with Crippen LogP contribution in [-0.2, 0) is 4.74 Å². The molecule has 0 radical (unpaired) electrons. The zero-order chi connectivity index (χ0) is 13.7. The molecule has 1 aromatic carbocycles. The Kier molecular flexibility index (Phi) is 5.05. The minimum absolute atomic E-state index is 0.203. The number of methoxy groups -OCH3 is 2. The highest BCUT2D eigenvalue weighted by Crippen LogP contribution is 2.29. The molecule has 0 aromatic heterocycles. The van der Waals surface area contributed by atoms with Gasteiger partial charge in [-0.2, -0.15) is 0 Å². The van der Waals surface area contributed by atoms with Gasteiger partial charge in [0.2, 0.25) is 0 Å². The van der Waals surface area contributed by atoms with Crippen LogP contribution in [0.2, 0.25) is 0 Å². The highest BCUT2D eigenvalue weighted by atomic mass is 16.5. The Labute approximate surface area is 115 Å². The first-order chi connectivity index (χ1) is 9.24. The third-order valence-electron chi connectivity index (χ3n) is 3.58. The SMILES string of the molecule is COc1ccc(OC)c(C(C)NCC2CCCO2)c1. The van der Waals surface area contributed by atoms with Crippen LogP contribution in [0.25, 0.3) is 0 Å². The van der Waals surface area contributed by atoms with Gasteiger partial charge < -0.3 is 19.5 Å². The molecule has 106 valence electrons. The molecule has 1 aliphatic rings. The zero-order valence-electron chi connectivity index (χ0n) is 11.9. The van der Waals surface area contributed by atoms with E-state index in [4.69, 9.17) is 14.2 Å². The fourth-order valence-corrected chi connectivity index (χ4v) is 2.40. The molecule has 0 bridgehead atoms. The van der Waals surface area contributed by atoms with Crippen molar-refractivity contribution < 1.29 is 14.2 Å². The van der Waals surface area contributed by atoms with E-state index in [0.717, 1.165) is 36.6 Å². The quantitative estimate of drug-likeness (QED) is 0.858. The largest absolute Gasteiger partial charge is 0.497 e. The highest BCUT2D eigenvalue weighted by Gasteiger charge is 2.18. The third-order valence-corrected chi connectivity index (χ3v) is 3.58. The summed E-state index contributed by atoms with van der Waals surface area (Å²) in [5, 5.41) is 3.51. The van der Waals surface area contributed by atoms with Crippen LogP contribution in [0.4, 0.5) is 0 Å². The Morgan fingerprint density at radius 1 is 1.37 bits per heavy atom. The number of ether oxygens (including phenoxy) is 3. The molecule has 1 saturated heterocycles. The lowest BCUT2D eigenvalue weighted by Gasteiger charge is -2.20. The molecule has 4 nitrogen and oxygen atoms in total. The van der Waals surface area contributed by atoms with Gasteiger partial charge in [-0.3, -0.25) is 0 Å². The van der Waals surface area contributed by atoms with Crippen LogP contribution in [0.15, 0.2) is 18.2 Å². The van der Waals surface area contributed by atoms with Crippen molar-refractivity contribution in [1.29, 1.82) is 0 Å². The van der Waals surface area contributed by atoms with Crippen LogP contribution in [-0.4, -0.2) is 33.5 Å². The molecule has 1 N–H and O–H groups in total. The average molecular weight is 265 g/mol. The van der Waals surface area contributed by atoms with Crippen LogP contribution >= 0.6 is 0 Å². The molecule has 1 fully saturated rings. The third kappa shape index (κ3) is 3.61. The van der Waals surface area contributed by atoms with Crippen molar-refractivity contribution in [3.63, 3.8) is 0 Å². The molecule has 2 rings (SSSR count). The van der Waals surface area contributed by atoms with Crippen molar-refractivity contribution in [3.05, 3.63) is 23.8 Å². The maximum atomic E-state index is 5.62. The number of rotatable bonds is 6. The van der Waals surface area contributed by atoms with Crippen molar-refractivity contribution in [2.45, 2.75) is 31.9 Å². The predicted octanol–water partition coefficient (Wildman–Crippen LogP) is 2.53. The van der Waals surface area contributed by atoms with Crippen LogP contribution in [0, 0.1) is 0 Å². The van der Waals surface area contributed by atoms with E-state index < -0.39 is 0 Å². The van der Waals surface area contributed by atoms with Gasteiger partial charge in [-0.1, -0.05) is 0 Å². The van der Waals surface area contributed by atoms with E-state index in [1.807, 2.05) is 18.2 Å². The van der Waals surface area contributed by atoms with Gasteiger partial charge in [0.15, 0.2) is 0 Å². The van der Waals surface area contributed by atoms with Crippen molar-refractivity contribution >= 4 is 0 Å². The Morgan fingerprint density at radius 2 is 2.21 bits per heavy atom. The van der Waals surface area contributed by atoms with Gasteiger partial charge >= 0.3 is 0 Å². The topological polar surface area (TPSA) is 39.7 Å². The molecule has 1 heterocycles. The summed E-state index contributed by atoms with van der Waals surface area (Å²) in [4.78, 5) is 0. The van der Waals surface area contributed by atoms with Crippen LogP contribution in [0.1, 0.15) is 31.4 Å². The van der Waals surface area contributed by atoms with E-state index in [1.165, 1.54) is 6.42 Å². The van der Waals surface area contributed by atoms with Gasteiger partial charge in [0.25, 0.3) is 0 Å². The molecule has 0 amide bonds. The molecule has 0 aliphatic carbocycles. The van der Waals surface area contributed by atoms with Gasteiger partial charge in [0.1, 0.15) is 11.5 Å². The van der Waals surface area contributed by atoms with Gasteiger partial charge in [0, 0.05) is 24.8 Å². The molecule has 1 aliphatic heterocycles. The summed E-state index contributed by atoms with van der Waals surface area (Å²) >= 11 is 0. The lowest BCUT2D eigenvalue weighted by Crippen LogP contribution is -2.28. The summed E-state index contributed by atoms with van der Waals surface area (Å²) < 4.78 is 16.3. The normalized spacial score (nSPS) is 20.3. The molecule has 2 unspecified atom stereocenters. The molecule has 1 aromatic rings. The van der Waals surface area contributed by atoms with E-state index in [9.17, 15) is 0 Å². The van der Waals surface area contributed by atoms with Crippen LogP contribution in [0.5, 0.6) is 11.5 Å². The second-order valence-electron chi connectivity index (χ2n) is 4.87. The van der Waals surface area contributed by atoms with Crippen molar-refractivity contribution in [2.75, 3.05) is 27.4 Å². The van der Waals surface area contributed by atoms with Gasteiger partial charge in [0.05, 0.1) is 20.3 Å². The fraction of sp³-hybridized carbons (Fsp3) is 0.600. The first-order valence-electron chi connectivity index (χ1n) is 6.81. The van der Waals surface area contributed by atoms with Crippen molar-refractivity contribution in [3.8, 4) is 11.5 Å². The number of nitrogens with one attached hydrogen (secondary N) is 1. The Bertz CT molecular complexity index is 402. The highest BCUT2D eigenvalue weighted by molar-refractivity contribution is 5.42. The van der Waals surface area contributed by atoms with Crippen molar-refractivity contribution in [1.82, 2.24) is 5.32 Å². The first kappa shape index (κ1) is 14.2. The minimum Gasteiger partial charge on any atom is -0.497 e. The molecular weight excluding hydrogens is 242 g/mol. The Morgan fingerprint density at radius 3 is 2.84 bits per heavy atom. The Balaban J connectivity index is 2.01. The summed E-state index contributed by atoms with van der Waals surface area (Å²) in [5.74, 6) is 1.73. The van der Waals surface area contributed by atoms with Gasteiger partial charge in [-0.15, -0.1) is 0 Å². The standard InChI is InChI=1S/C15H23NO3/c1-11(16-10-13-5-4-8-19-13)14-9-12(17-2)6-7-15(14)18-3/h6-7,9,11,13,16H,4-5,8,10H2,1-3H3. The fourth-order valence-electron chi connectivity index (χ4n) is 2.40. The second-order valence-corrected chi connectivity index (χ2v) is 4.87. The average Bonchev–Trinajstić information content (AvgIpc) is 2.97. The van der Waals surface area contributed by atoms with E-state index >= 15 is 0 Å². The second kappa shape index (κ2) is 6.78. The molecule has 2 atom stereocenters. The zero-order valence-corrected chi connectivity index (χ0v) is 11.9. The maximum Gasteiger partial charge on any atom is 0.123 e. The monoisotopic (exact) mass is 265 g/mol.